The van der Waals surface area contributed by atoms with E-state index in [0.29, 0.717) is 5.56 Å². The molecule has 1 N–H and O–H groups in total. The molecule has 0 saturated carbocycles. The predicted molar refractivity (Wildman–Crippen MR) is 76.3 cm³/mol. The van der Waals surface area contributed by atoms with Crippen LogP contribution in [0.25, 0.3) is 0 Å². The predicted octanol–water partition coefficient (Wildman–Crippen LogP) is 2.66. The molecule has 0 aliphatic heterocycles. The first-order valence-corrected chi connectivity index (χ1v) is 6.71. The Hall–Kier alpha value is -1.88. The zero-order valence-corrected chi connectivity index (χ0v) is 12.1. The molecule has 1 unspecified atom stereocenters. The molecule has 5 heteroatoms. The van der Waals surface area contributed by atoms with Gasteiger partial charge in [-0.2, -0.15) is 5.10 Å². The minimum atomic E-state index is -0.326. The van der Waals surface area contributed by atoms with Gasteiger partial charge in [-0.05, 0) is 19.0 Å². The number of hydrogen-bond donors (Lipinski definition) is 1. The Labute approximate surface area is 118 Å². The summed E-state index contributed by atoms with van der Waals surface area (Å²) < 4.78 is 21.2. The van der Waals surface area contributed by atoms with Crippen LogP contribution in [-0.2, 0) is 7.05 Å². The lowest BCUT2D eigenvalue weighted by molar-refractivity contribution is 0.381. The number of benzene rings is 1. The lowest BCUT2D eigenvalue weighted by Gasteiger charge is -2.19. The van der Waals surface area contributed by atoms with Crippen molar-refractivity contribution in [1.82, 2.24) is 15.1 Å². The molecule has 2 aromatic rings. The van der Waals surface area contributed by atoms with E-state index in [-0.39, 0.29) is 17.6 Å². The molecule has 1 heterocycles. The number of aromatic nitrogens is 2. The SMILES string of the molecule is CCCNC(c1cnn(C)c1)c1cccc(OC)c1F. The van der Waals surface area contributed by atoms with Crippen molar-refractivity contribution in [3.8, 4) is 5.75 Å². The maximum atomic E-state index is 14.5. The van der Waals surface area contributed by atoms with Gasteiger partial charge in [-0.3, -0.25) is 4.68 Å². The molecule has 0 bridgehead atoms. The van der Waals surface area contributed by atoms with Crippen molar-refractivity contribution in [3.05, 3.63) is 47.5 Å². The summed E-state index contributed by atoms with van der Waals surface area (Å²) in [5.74, 6) is -0.0675. The fourth-order valence-corrected chi connectivity index (χ4v) is 2.19. The average Bonchev–Trinajstić information content (AvgIpc) is 2.87. The molecule has 0 fully saturated rings. The zero-order chi connectivity index (χ0) is 14.5. The van der Waals surface area contributed by atoms with Crippen LogP contribution in [0.2, 0.25) is 0 Å². The highest BCUT2D eigenvalue weighted by Crippen LogP contribution is 2.29. The first-order chi connectivity index (χ1) is 9.67. The molecular weight excluding hydrogens is 257 g/mol. The van der Waals surface area contributed by atoms with Crippen LogP contribution in [0.15, 0.2) is 30.6 Å². The third-order valence-corrected chi connectivity index (χ3v) is 3.18. The second-order valence-corrected chi connectivity index (χ2v) is 4.70. The maximum absolute atomic E-state index is 14.5. The van der Waals surface area contributed by atoms with E-state index in [1.807, 2.05) is 13.2 Å². The molecule has 1 atom stereocenters. The molecule has 20 heavy (non-hydrogen) atoms. The minimum Gasteiger partial charge on any atom is -0.494 e. The summed E-state index contributed by atoms with van der Waals surface area (Å²) in [6.45, 7) is 2.88. The summed E-state index contributed by atoms with van der Waals surface area (Å²) in [5, 5.41) is 7.52. The Morgan fingerprint density at radius 1 is 1.45 bits per heavy atom. The summed E-state index contributed by atoms with van der Waals surface area (Å²) in [6.07, 6.45) is 4.63. The Morgan fingerprint density at radius 2 is 2.25 bits per heavy atom. The molecule has 1 aromatic heterocycles. The number of halogens is 1. The van der Waals surface area contributed by atoms with E-state index in [4.69, 9.17) is 4.74 Å². The van der Waals surface area contributed by atoms with Crippen LogP contribution in [0.3, 0.4) is 0 Å². The first kappa shape index (κ1) is 14.5. The lowest BCUT2D eigenvalue weighted by atomic mass is 10.0. The van der Waals surface area contributed by atoms with Gasteiger partial charge in [0.2, 0.25) is 0 Å². The Bertz CT molecular complexity index is 568. The molecule has 0 amide bonds. The molecule has 1 aromatic carbocycles. The summed E-state index contributed by atoms with van der Waals surface area (Å²) in [7, 11) is 3.32. The highest BCUT2D eigenvalue weighted by molar-refractivity contribution is 5.37. The molecule has 0 radical (unpaired) electrons. The van der Waals surface area contributed by atoms with Crippen LogP contribution in [0.4, 0.5) is 4.39 Å². The summed E-state index contributed by atoms with van der Waals surface area (Å²) in [6, 6.07) is 4.98. The molecule has 4 nitrogen and oxygen atoms in total. The van der Waals surface area contributed by atoms with Gasteiger partial charge in [0.15, 0.2) is 11.6 Å². The average molecular weight is 277 g/mol. The topological polar surface area (TPSA) is 39.1 Å². The van der Waals surface area contributed by atoms with E-state index < -0.39 is 0 Å². The van der Waals surface area contributed by atoms with Gasteiger partial charge < -0.3 is 10.1 Å². The van der Waals surface area contributed by atoms with Crippen LogP contribution in [-0.4, -0.2) is 23.4 Å². The van der Waals surface area contributed by atoms with Crippen molar-refractivity contribution < 1.29 is 9.13 Å². The third kappa shape index (κ3) is 2.99. The molecule has 0 aliphatic rings. The molecule has 2 rings (SSSR count). The molecule has 0 aliphatic carbocycles. The number of nitrogens with zero attached hydrogens (tertiary/aromatic N) is 2. The summed E-state index contributed by atoms with van der Waals surface area (Å²) in [5.41, 5.74) is 1.51. The number of hydrogen-bond acceptors (Lipinski definition) is 3. The number of methoxy groups -OCH3 is 1. The fraction of sp³-hybridized carbons (Fsp3) is 0.400. The zero-order valence-electron chi connectivity index (χ0n) is 12.1. The monoisotopic (exact) mass is 277 g/mol. The minimum absolute atomic E-state index is 0.223. The number of aryl methyl sites for hydroxylation is 1. The van der Waals surface area contributed by atoms with E-state index in [1.165, 1.54) is 7.11 Å². The Kier molecular flexibility index (Phi) is 4.74. The normalized spacial score (nSPS) is 12.4. The first-order valence-electron chi connectivity index (χ1n) is 6.71. The number of ether oxygens (including phenoxy) is 1. The van der Waals surface area contributed by atoms with Crippen molar-refractivity contribution in [2.75, 3.05) is 13.7 Å². The van der Waals surface area contributed by atoms with Crippen LogP contribution >= 0.6 is 0 Å². The van der Waals surface area contributed by atoms with E-state index in [0.717, 1.165) is 18.5 Å². The van der Waals surface area contributed by atoms with Crippen LogP contribution in [0, 0.1) is 5.82 Å². The van der Waals surface area contributed by atoms with Crippen LogP contribution in [0.5, 0.6) is 5.75 Å². The number of nitrogens with one attached hydrogen (secondary N) is 1. The van der Waals surface area contributed by atoms with Gasteiger partial charge in [0.1, 0.15) is 0 Å². The molecule has 108 valence electrons. The Balaban J connectivity index is 2.41. The van der Waals surface area contributed by atoms with Gasteiger partial charge in [0.25, 0.3) is 0 Å². The van der Waals surface area contributed by atoms with E-state index in [1.54, 1.807) is 29.1 Å². The van der Waals surface area contributed by atoms with Gasteiger partial charge >= 0.3 is 0 Å². The van der Waals surface area contributed by atoms with Crippen LogP contribution in [0.1, 0.15) is 30.5 Å². The smallest absolute Gasteiger partial charge is 0.170 e. The highest BCUT2D eigenvalue weighted by atomic mass is 19.1. The maximum Gasteiger partial charge on any atom is 0.170 e. The second-order valence-electron chi connectivity index (χ2n) is 4.70. The van der Waals surface area contributed by atoms with Gasteiger partial charge in [-0.1, -0.05) is 19.1 Å². The van der Waals surface area contributed by atoms with Gasteiger partial charge in [0, 0.05) is 24.4 Å². The highest BCUT2D eigenvalue weighted by Gasteiger charge is 2.20. The van der Waals surface area contributed by atoms with Gasteiger partial charge in [-0.15, -0.1) is 0 Å². The van der Waals surface area contributed by atoms with Crippen molar-refractivity contribution in [1.29, 1.82) is 0 Å². The van der Waals surface area contributed by atoms with Gasteiger partial charge in [0.05, 0.1) is 19.3 Å². The summed E-state index contributed by atoms with van der Waals surface area (Å²) in [4.78, 5) is 0. The quantitative estimate of drug-likeness (QED) is 0.882. The standard InChI is InChI=1S/C15H20FN3O/c1-4-8-17-15(11-9-18-19(2)10-11)12-6-5-7-13(20-3)14(12)16/h5-7,9-10,15,17H,4,8H2,1-3H3. The van der Waals surface area contributed by atoms with Gasteiger partial charge in [-0.25, -0.2) is 4.39 Å². The summed E-state index contributed by atoms with van der Waals surface area (Å²) >= 11 is 0. The van der Waals surface area contributed by atoms with E-state index in [2.05, 4.69) is 17.3 Å². The van der Waals surface area contributed by atoms with Crippen LogP contribution < -0.4 is 10.1 Å². The Morgan fingerprint density at radius 3 is 2.85 bits per heavy atom. The molecule has 0 spiro atoms. The number of rotatable bonds is 6. The largest absolute Gasteiger partial charge is 0.494 e. The fourth-order valence-electron chi connectivity index (χ4n) is 2.19. The van der Waals surface area contributed by atoms with E-state index >= 15 is 0 Å². The molecule has 0 saturated heterocycles. The van der Waals surface area contributed by atoms with E-state index in [9.17, 15) is 4.39 Å². The lowest BCUT2D eigenvalue weighted by Crippen LogP contribution is -2.24. The van der Waals surface area contributed by atoms with Crippen molar-refractivity contribution in [3.63, 3.8) is 0 Å². The molecular formula is C15H20FN3O. The van der Waals surface area contributed by atoms with Crippen molar-refractivity contribution >= 4 is 0 Å². The third-order valence-electron chi connectivity index (χ3n) is 3.18. The van der Waals surface area contributed by atoms with Crippen molar-refractivity contribution in [2.24, 2.45) is 7.05 Å². The van der Waals surface area contributed by atoms with Crippen molar-refractivity contribution in [2.45, 2.75) is 19.4 Å². The second kappa shape index (κ2) is 6.52.